The van der Waals surface area contributed by atoms with Crippen LogP contribution < -0.4 is 10.2 Å². The quantitative estimate of drug-likeness (QED) is 0.875. The van der Waals surface area contributed by atoms with E-state index in [1.807, 2.05) is 12.1 Å². The molecule has 0 spiro atoms. The molecule has 3 heteroatoms. The zero-order chi connectivity index (χ0) is 12.5. The maximum Gasteiger partial charge on any atom is 0.124 e. The second-order valence-electron chi connectivity index (χ2n) is 4.81. The molecule has 2 heterocycles. The maximum absolute atomic E-state index is 5.68. The second-order valence-corrected chi connectivity index (χ2v) is 4.81. The molecule has 1 N–H and O–H groups in total. The third kappa shape index (κ3) is 1.86. The van der Waals surface area contributed by atoms with Gasteiger partial charge in [-0.15, -0.1) is 0 Å². The lowest BCUT2D eigenvalue weighted by atomic mass is 10.0. The summed E-state index contributed by atoms with van der Waals surface area (Å²) in [5, 5.41) is 0. The summed E-state index contributed by atoms with van der Waals surface area (Å²) in [5.41, 5.74) is 7.30. The zero-order valence-electron chi connectivity index (χ0n) is 10.8. The van der Waals surface area contributed by atoms with Crippen LogP contribution in [0.4, 0.5) is 0 Å². The van der Waals surface area contributed by atoms with Gasteiger partial charge in [-0.2, -0.15) is 0 Å². The lowest BCUT2D eigenvalue weighted by Crippen LogP contribution is -2.27. The first-order valence-electron chi connectivity index (χ1n) is 6.39. The minimum Gasteiger partial charge on any atom is -0.493 e. The van der Waals surface area contributed by atoms with Gasteiger partial charge in [0.2, 0.25) is 0 Å². The van der Waals surface area contributed by atoms with Crippen molar-refractivity contribution in [2.45, 2.75) is 26.3 Å². The van der Waals surface area contributed by atoms with Crippen LogP contribution in [0.15, 0.2) is 36.4 Å². The monoisotopic (exact) mass is 242 g/mol. The lowest BCUT2D eigenvalue weighted by Gasteiger charge is -2.28. The van der Waals surface area contributed by atoms with E-state index in [1.165, 1.54) is 17.0 Å². The molecule has 94 valence electrons. The van der Waals surface area contributed by atoms with Crippen LogP contribution in [-0.4, -0.2) is 11.3 Å². The summed E-state index contributed by atoms with van der Waals surface area (Å²) in [6.45, 7) is 5.00. The van der Waals surface area contributed by atoms with Crippen LogP contribution in [0.2, 0.25) is 0 Å². The van der Waals surface area contributed by atoms with Gasteiger partial charge in [0.25, 0.3) is 0 Å². The summed E-state index contributed by atoms with van der Waals surface area (Å²) in [6.07, 6.45) is 0.994. The number of nitrogens with one attached hydrogen (secondary N) is 1. The number of benzene rings is 1. The lowest BCUT2D eigenvalue weighted by molar-refractivity contribution is 0.269. The molecule has 0 amide bonds. The highest BCUT2D eigenvalue weighted by molar-refractivity contribution is 5.38. The van der Waals surface area contributed by atoms with E-state index >= 15 is 0 Å². The number of aryl methyl sites for hydroxylation is 2. The van der Waals surface area contributed by atoms with Crippen LogP contribution in [-0.2, 0) is 0 Å². The molecule has 0 saturated heterocycles. The first-order valence-corrected chi connectivity index (χ1v) is 6.39. The summed E-state index contributed by atoms with van der Waals surface area (Å²) in [5.74, 6) is 1.00. The molecule has 0 radical (unpaired) electrons. The van der Waals surface area contributed by atoms with E-state index in [1.54, 1.807) is 0 Å². The number of nitrogens with zero attached hydrogens (tertiary/aromatic N) is 1. The molecule has 18 heavy (non-hydrogen) atoms. The van der Waals surface area contributed by atoms with E-state index in [0.717, 1.165) is 18.8 Å². The minimum absolute atomic E-state index is 0.319. The first kappa shape index (κ1) is 11.2. The predicted octanol–water partition coefficient (Wildman–Crippen LogP) is 3.17. The molecule has 0 bridgehead atoms. The molecule has 2 aromatic rings. The van der Waals surface area contributed by atoms with Gasteiger partial charge in [0, 0.05) is 23.4 Å². The zero-order valence-corrected chi connectivity index (χ0v) is 10.8. The number of aromatic nitrogens is 1. The summed E-state index contributed by atoms with van der Waals surface area (Å²) in [6, 6.07) is 12.9. The maximum atomic E-state index is 5.68. The Morgan fingerprint density at radius 3 is 2.61 bits per heavy atom. The molecule has 1 unspecified atom stereocenters. The minimum atomic E-state index is 0.319. The molecule has 3 nitrogen and oxygen atoms in total. The molecule has 1 aliphatic rings. The Kier molecular flexibility index (Phi) is 2.74. The number of fused-ring (bicyclic) bond motifs is 1. The van der Waals surface area contributed by atoms with Gasteiger partial charge in [0.05, 0.1) is 12.6 Å². The number of ether oxygens (including phenoxy) is 1. The fourth-order valence-electron chi connectivity index (χ4n) is 2.50. The van der Waals surface area contributed by atoms with E-state index in [0.29, 0.717) is 6.04 Å². The van der Waals surface area contributed by atoms with Crippen molar-refractivity contribution in [2.24, 2.45) is 0 Å². The van der Waals surface area contributed by atoms with E-state index in [2.05, 4.69) is 48.2 Å². The molecule has 0 saturated carbocycles. The topological polar surface area (TPSA) is 26.2 Å². The van der Waals surface area contributed by atoms with Crippen LogP contribution in [0.1, 0.15) is 29.4 Å². The molecule has 3 rings (SSSR count). The highest BCUT2D eigenvalue weighted by Gasteiger charge is 2.21. The fraction of sp³-hybridized carbons (Fsp3) is 0.333. The van der Waals surface area contributed by atoms with Gasteiger partial charge in [-0.1, -0.05) is 18.2 Å². The van der Waals surface area contributed by atoms with Crippen LogP contribution in [0.3, 0.4) is 0 Å². The van der Waals surface area contributed by atoms with Crippen LogP contribution in [0.25, 0.3) is 0 Å². The van der Waals surface area contributed by atoms with Crippen molar-refractivity contribution in [1.82, 2.24) is 4.68 Å². The van der Waals surface area contributed by atoms with Gasteiger partial charge in [-0.05, 0) is 32.0 Å². The Morgan fingerprint density at radius 1 is 1.11 bits per heavy atom. The van der Waals surface area contributed by atoms with Crippen molar-refractivity contribution in [2.75, 3.05) is 12.0 Å². The first-order chi connectivity index (χ1) is 8.75. The van der Waals surface area contributed by atoms with E-state index in [9.17, 15) is 0 Å². The van der Waals surface area contributed by atoms with E-state index < -0.39 is 0 Å². The molecule has 1 atom stereocenters. The van der Waals surface area contributed by atoms with Crippen molar-refractivity contribution < 1.29 is 4.74 Å². The van der Waals surface area contributed by atoms with Gasteiger partial charge >= 0.3 is 0 Å². The van der Waals surface area contributed by atoms with Crippen LogP contribution in [0.5, 0.6) is 5.75 Å². The third-order valence-electron chi connectivity index (χ3n) is 3.51. The molecular weight excluding hydrogens is 224 g/mol. The molecule has 0 aliphatic carbocycles. The highest BCUT2D eigenvalue weighted by Crippen LogP contribution is 2.32. The Hall–Kier alpha value is -1.90. The summed E-state index contributed by atoms with van der Waals surface area (Å²) < 4.78 is 7.84. The van der Waals surface area contributed by atoms with Gasteiger partial charge in [0.1, 0.15) is 5.75 Å². The Labute approximate surface area is 107 Å². The molecular formula is C15H18N2O. The summed E-state index contributed by atoms with van der Waals surface area (Å²) in [4.78, 5) is 0. The van der Waals surface area contributed by atoms with Crippen molar-refractivity contribution >= 4 is 0 Å². The summed E-state index contributed by atoms with van der Waals surface area (Å²) >= 11 is 0. The normalized spacial score (nSPS) is 18.0. The van der Waals surface area contributed by atoms with E-state index in [-0.39, 0.29) is 0 Å². The largest absolute Gasteiger partial charge is 0.493 e. The second kappa shape index (κ2) is 4.41. The van der Waals surface area contributed by atoms with Gasteiger partial charge in [-0.25, -0.2) is 0 Å². The Bertz CT molecular complexity index is 540. The Balaban J connectivity index is 1.91. The molecule has 1 aromatic carbocycles. The number of hydrogen-bond donors (Lipinski definition) is 1. The highest BCUT2D eigenvalue weighted by atomic mass is 16.5. The van der Waals surface area contributed by atoms with Crippen molar-refractivity contribution in [1.29, 1.82) is 0 Å². The number of para-hydroxylation sites is 1. The average molecular weight is 242 g/mol. The van der Waals surface area contributed by atoms with Crippen molar-refractivity contribution in [3.63, 3.8) is 0 Å². The van der Waals surface area contributed by atoms with Crippen molar-refractivity contribution in [3.05, 3.63) is 53.3 Å². The number of hydrogen-bond acceptors (Lipinski definition) is 2. The van der Waals surface area contributed by atoms with Gasteiger partial charge in [0.15, 0.2) is 0 Å². The molecule has 1 aromatic heterocycles. The van der Waals surface area contributed by atoms with Crippen molar-refractivity contribution in [3.8, 4) is 5.75 Å². The molecule has 0 fully saturated rings. The smallest absolute Gasteiger partial charge is 0.124 e. The molecule has 1 aliphatic heterocycles. The van der Waals surface area contributed by atoms with Crippen LogP contribution in [0, 0.1) is 13.8 Å². The predicted molar refractivity (Wildman–Crippen MR) is 72.6 cm³/mol. The van der Waals surface area contributed by atoms with Gasteiger partial charge in [-0.3, -0.25) is 4.68 Å². The Morgan fingerprint density at radius 2 is 1.83 bits per heavy atom. The third-order valence-corrected chi connectivity index (χ3v) is 3.51. The number of rotatable bonds is 2. The summed E-state index contributed by atoms with van der Waals surface area (Å²) in [7, 11) is 0. The standard InChI is InChI=1S/C15H18N2O/c1-11-7-8-12(2)17(11)16-14-9-10-18-15-6-4-3-5-13(14)15/h3-8,14,16H,9-10H2,1-2H3. The fourth-order valence-corrected chi connectivity index (χ4v) is 2.50. The van der Waals surface area contributed by atoms with Crippen LogP contribution >= 0.6 is 0 Å². The van der Waals surface area contributed by atoms with Gasteiger partial charge < -0.3 is 10.2 Å². The average Bonchev–Trinajstić information content (AvgIpc) is 2.71. The van der Waals surface area contributed by atoms with E-state index in [4.69, 9.17) is 4.74 Å². The SMILES string of the molecule is Cc1ccc(C)n1NC1CCOc2ccccc21.